The predicted octanol–water partition coefficient (Wildman–Crippen LogP) is 0.649. The number of aromatic amines is 1. The SMILES string of the molecule is O=C(NCc1cccc(C#CCO)c1)c1cc[nH]c(=O)c1. The second kappa shape index (κ2) is 7.08. The molecule has 1 amide bonds. The van der Waals surface area contributed by atoms with Crippen LogP contribution in [0.5, 0.6) is 0 Å². The molecule has 3 N–H and O–H groups in total. The van der Waals surface area contributed by atoms with Crippen LogP contribution in [0.25, 0.3) is 0 Å². The van der Waals surface area contributed by atoms with Gasteiger partial charge >= 0.3 is 0 Å². The molecule has 5 heteroatoms. The number of carbonyl (C=O) groups is 1. The summed E-state index contributed by atoms with van der Waals surface area (Å²) < 4.78 is 0. The Morgan fingerprint density at radius 1 is 1.29 bits per heavy atom. The summed E-state index contributed by atoms with van der Waals surface area (Å²) in [6, 6.07) is 10.1. The number of pyridine rings is 1. The van der Waals surface area contributed by atoms with E-state index in [0.717, 1.165) is 11.1 Å². The molecule has 0 bridgehead atoms. The lowest BCUT2D eigenvalue weighted by Crippen LogP contribution is -2.24. The van der Waals surface area contributed by atoms with Gasteiger partial charge in [-0.15, -0.1) is 0 Å². The number of rotatable bonds is 3. The highest BCUT2D eigenvalue weighted by atomic mass is 16.2. The normalized spacial score (nSPS) is 9.57. The van der Waals surface area contributed by atoms with Crippen LogP contribution < -0.4 is 10.9 Å². The molecule has 0 aliphatic carbocycles. The topological polar surface area (TPSA) is 82.2 Å². The number of carbonyl (C=O) groups excluding carboxylic acids is 1. The van der Waals surface area contributed by atoms with Crippen molar-refractivity contribution in [2.75, 3.05) is 6.61 Å². The van der Waals surface area contributed by atoms with Gasteiger partial charge in [0, 0.05) is 29.9 Å². The van der Waals surface area contributed by atoms with Crippen molar-refractivity contribution in [1.82, 2.24) is 10.3 Å². The zero-order chi connectivity index (χ0) is 15.1. The number of aliphatic hydroxyl groups is 1. The molecule has 5 nitrogen and oxygen atoms in total. The van der Waals surface area contributed by atoms with E-state index in [9.17, 15) is 9.59 Å². The van der Waals surface area contributed by atoms with E-state index in [2.05, 4.69) is 22.1 Å². The molecular formula is C16H14N2O3. The Morgan fingerprint density at radius 3 is 2.90 bits per heavy atom. The first kappa shape index (κ1) is 14.6. The minimum Gasteiger partial charge on any atom is -0.384 e. The fourth-order valence-corrected chi connectivity index (χ4v) is 1.77. The van der Waals surface area contributed by atoms with Crippen molar-refractivity contribution in [1.29, 1.82) is 0 Å². The molecule has 0 atom stereocenters. The van der Waals surface area contributed by atoms with E-state index >= 15 is 0 Å². The Morgan fingerprint density at radius 2 is 2.14 bits per heavy atom. The van der Waals surface area contributed by atoms with Gasteiger partial charge < -0.3 is 15.4 Å². The molecule has 1 aromatic carbocycles. The van der Waals surface area contributed by atoms with Crippen LogP contribution >= 0.6 is 0 Å². The van der Waals surface area contributed by atoms with Gasteiger partial charge in [-0.25, -0.2) is 0 Å². The quantitative estimate of drug-likeness (QED) is 0.723. The molecular weight excluding hydrogens is 268 g/mol. The van der Waals surface area contributed by atoms with Crippen LogP contribution in [0.15, 0.2) is 47.4 Å². The van der Waals surface area contributed by atoms with Crippen LogP contribution in [-0.4, -0.2) is 22.6 Å². The van der Waals surface area contributed by atoms with Crippen LogP contribution in [0.4, 0.5) is 0 Å². The van der Waals surface area contributed by atoms with Crippen LogP contribution in [0.3, 0.4) is 0 Å². The highest BCUT2D eigenvalue weighted by Gasteiger charge is 2.05. The van der Waals surface area contributed by atoms with Gasteiger partial charge in [0.1, 0.15) is 6.61 Å². The molecule has 0 unspecified atom stereocenters. The first-order valence-electron chi connectivity index (χ1n) is 6.34. The summed E-state index contributed by atoms with van der Waals surface area (Å²) in [5.74, 6) is 5.06. The Hall–Kier alpha value is -2.84. The molecule has 0 fully saturated rings. The molecule has 1 heterocycles. The van der Waals surface area contributed by atoms with Gasteiger partial charge in [-0.2, -0.15) is 0 Å². The van der Waals surface area contributed by atoms with E-state index in [1.54, 1.807) is 6.07 Å². The summed E-state index contributed by atoms with van der Waals surface area (Å²) in [6.07, 6.45) is 1.43. The zero-order valence-corrected chi connectivity index (χ0v) is 11.2. The molecule has 0 saturated heterocycles. The molecule has 2 rings (SSSR count). The first-order chi connectivity index (χ1) is 10.2. The third-order valence-electron chi connectivity index (χ3n) is 2.73. The maximum Gasteiger partial charge on any atom is 0.251 e. The van der Waals surface area contributed by atoms with Gasteiger partial charge in [-0.1, -0.05) is 24.0 Å². The average Bonchev–Trinajstić information content (AvgIpc) is 2.51. The van der Waals surface area contributed by atoms with Gasteiger partial charge in [-0.05, 0) is 23.8 Å². The van der Waals surface area contributed by atoms with Crippen molar-refractivity contribution in [2.24, 2.45) is 0 Å². The monoisotopic (exact) mass is 282 g/mol. The number of H-pyrrole nitrogens is 1. The number of hydrogen-bond acceptors (Lipinski definition) is 3. The van der Waals surface area contributed by atoms with Crippen LogP contribution in [-0.2, 0) is 6.54 Å². The van der Waals surface area contributed by atoms with E-state index in [1.165, 1.54) is 12.3 Å². The Labute approximate surface area is 121 Å². The third kappa shape index (κ3) is 4.34. The van der Waals surface area contributed by atoms with Crippen molar-refractivity contribution in [3.63, 3.8) is 0 Å². The number of nitrogens with one attached hydrogen (secondary N) is 2. The maximum absolute atomic E-state index is 11.9. The number of aromatic nitrogens is 1. The Kier molecular flexibility index (Phi) is 4.91. The Bertz CT molecular complexity index is 754. The molecule has 106 valence electrons. The van der Waals surface area contributed by atoms with Gasteiger partial charge in [0.15, 0.2) is 0 Å². The molecule has 0 spiro atoms. The summed E-state index contributed by atoms with van der Waals surface area (Å²) in [7, 11) is 0. The third-order valence-corrected chi connectivity index (χ3v) is 2.73. The van der Waals surface area contributed by atoms with Crippen molar-refractivity contribution in [3.8, 4) is 11.8 Å². The molecule has 0 aliphatic heterocycles. The maximum atomic E-state index is 11.9. The van der Waals surface area contributed by atoms with E-state index in [1.807, 2.05) is 24.3 Å². The van der Waals surface area contributed by atoms with Crippen molar-refractivity contribution in [2.45, 2.75) is 6.54 Å². The summed E-state index contributed by atoms with van der Waals surface area (Å²) in [6.45, 7) is 0.143. The minimum absolute atomic E-state index is 0.191. The largest absolute Gasteiger partial charge is 0.384 e. The fourth-order valence-electron chi connectivity index (χ4n) is 1.77. The molecule has 0 saturated carbocycles. The van der Waals surface area contributed by atoms with Crippen molar-refractivity contribution >= 4 is 5.91 Å². The van der Waals surface area contributed by atoms with Gasteiger partial charge in [0.25, 0.3) is 5.91 Å². The van der Waals surface area contributed by atoms with E-state index in [0.29, 0.717) is 12.1 Å². The summed E-state index contributed by atoms with van der Waals surface area (Å²) >= 11 is 0. The highest BCUT2D eigenvalue weighted by Crippen LogP contribution is 2.04. The number of hydrogen-bond donors (Lipinski definition) is 3. The summed E-state index contributed by atoms with van der Waals surface area (Å²) in [5, 5.41) is 11.4. The van der Waals surface area contributed by atoms with Gasteiger partial charge in [0.05, 0.1) is 0 Å². The molecule has 1 aromatic heterocycles. The smallest absolute Gasteiger partial charge is 0.251 e. The van der Waals surface area contributed by atoms with E-state index in [-0.39, 0.29) is 18.1 Å². The minimum atomic E-state index is -0.316. The second-order valence-corrected chi connectivity index (χ2v) is 4.28. The molecule has 21 heavy (non-hydrogen) atoms. The predicted molar refractivity (Wildman–Crippen MR) is 78.6 cm³/mol. The summed E-state index contributed by atoms with van der Waals surface area (Å²) in [5.41, 5.74) is 1.66. The van der Waals surface area contributed by atoms with Gasteiger partial charge in [0.2, 0.25) is 5.56 Å². The number of aliphatic hydroxyl groups excluding tert-OH is 1. The number of benzene rings is 1. The fraction of sp³-hybridized carbons (Fsp3) is 0.125. The standard InChI is InChI=1S/C16H14N2O3/c19-8-2-5-12-3-1-4-13(9-12)11-18-16(21)14-6-7-17-15(20)10-14/h1,3-4,6-7,9-10,19H,8,11H2,(H,17,20)(H,18,21). The lowest BCUT2D eigenvalue weighted by Gasteiger charge is -2.05. The lowest BCUT2D eigenvalue weighted by atomic mass is 10.1. The van der Waals surface area contributed by atoms with Crippen LogP contribution in [0.1, 0.15) is 21.5 Å². The molecule has 0 radical (unpaired) electrons. The van der Waals surface area contributed by atoms with Gasteiger partial charge in [-0.3, -0.25) is 9.59 Å². The van der Waals surface area contributed by atoms with Crippen molar-refractivity contribution in [3.05, 3.63) is 69.6 Å². The van der Waals surface area contributed by atoms with E-state index < -0.39 is 0 Å². The Balaban J connectivity index is 2.03. The van der Waals surface area contributed by atoms with E-state index in [4.69, 9.17) is 5.11 Å². The average molecular weight is 282 g/mol. The second-order valence-electron chi connectivity index (χ2n) is 4.28. The molecule has 2 aromatic rings. The van der Waals surface area contributed by atoms with Crippen LogP contribution in [0.2, 0.25) is 0 Å². The zero-order valence-electron chi connectivity index (χ0n) is 11.2. The lowest BCUT2D eigenvalue weighted by molar-refractivity contribution is 0.0950. The van der Waals surface area contributed by atoms with Crippen molar-refractivity contribution < 1.29 is 9.90 Å². The highest BCUT2D eigenvalue weighted by molar-refractivity contribution is 5.93. The molecule has 0 aliphatic rings. The summed E-state index contributed by atoms with van der Waals surface area (Å²) in [4.78, 5) is 25.5. The number of amides is 1. The first-order valence-corrected chi connectivity index (χ1v) is 6.34. The van der Waals surface area contributed by atoms with Crippen LogP contribution in [0, 0.1) is 11.8 Å².